The molecule has 1 atom stereocenters. The Kier molecular flexibility index (Phi) is 7.74. The molecule has 0 aliphatic rings. The summed E-state index contributed by atoms with van der Waals surface area (Å²) in [6, 6.07) is 7.40. The predicted octanol–water partition coefficient (Wildman–Crippen LogP) is 2.14. The molecule has 19 heavy (non-hydrogen) atoms. The molecule has 0 aliphatic carbocycles. The van der Waals surface area contributed by atoms with Gasteiger partial charge in [0.2, 0.25) is 0 Å². The fourth-order valence-corrected chi connectivity index (χ4v) is 1.61. The van der Waals surface area contributed by atoms with E-state index in [-0.39, 0.29) is 19.8 Å². The molecule has 0 fully saturated rings. The van der Waals surface area contributed by atoms with Crippen LogP contribution in [0.3, 0.4) is 0 Å². The van der Waals surface area contributed by atoms with Crippen molar-refractivity contribution in [1.82, 2.24) is 0 Å². The first kappa shape index (κ1) is 16.2. The Labute approximate surface area is 121 Å². The smallest absolute Gasteiger partial charge is 0.119 e. The topological polar surface area (TPSA) is 58.9 Å². The van der Waals surface area contributed by atoms with E-state index in [9.17, 15) is 5.11 Å². The van der Waals surface area contributed by atoms with Crippen molar-refractivity contribution < 1.29 is 19.7 Å². The molecule has 1 aromatic rings. The molecule has 0 aromatic heterocycles. The number of halogens is 1. The zero-order chi connectivity index (χ0) is 14.1. The first-order valence-corrected chi connectivity index (χ1v) is 6.81. The Balaban J connectivity index is 2.19. The van der Waals surface area contributed by atoms with Gasteiger partial charge in [-0.2, -0.15) is 0 Å². The SMILES string of the molecule is C/C(=C/CO)COCC(O)COc1ccc(Br)cc1. The Morgan fingerprint density at radius 3 is 2.63 bits per heavy atom. The molecule has 2 N–H and O–H groups in total. The summed E-state index contributed by atoms with van der Waals surface area (Å²) in [5.41, 5.74) is 0.934. The van der Waals surface area contributed by atoms with Crippen LogP contribution >= 0.6 is 15.9 Å². The van der Waals surface area contributed by atoms with Crippen molar-refractivity contribution in [3.63, 3.8) is 0 Å². The number of hydrogen-bond acceptors (Lipinski definition) is 4. The van der Waals surface area contributed by atoms with Crippen molar-refractivity contribution in [2.24, 2.45) is 0 Å². The van der Waals surface area contributed by atoms with Gasteiger partial charge in [0.15, 0.2) is 0 Å². The van der Waals surface area contributed by atoms with Crippen LogP contribution in [-0.4, -0.2) is 42.7 Å². The second-order valence-electron chi connectivity index (χ2n) is 4.17. The third-order valence-electron chi connectivity index (χ3n) is 2.34. The summed E-state index contributed by atoms with van der Waals surface area (Å²) in [4.78, 5) is 0. The minimum absolute atomic E-state index is 0.00439. The summed E-state index contributed by atoms with van der Waals surface area (Å²) in [5, 5.41) is 18.4. The van der Waals surface area contributed by atoms with Crippen molar-refractivity contribution in [2.75, 3.05) is 26.4 Å². The zero-order valence-electron chi connectivity index (χ0n) is 10.9. The van der Waals surface area contributed by atoms with Gasteiger partial charge in [-0.05, 0) is 36.8 Å². The third kappa shape index (κ3) is 7.32. The van der Waals surface area contributed by atoms with Gasteiger partial charge in [-0.15, -0.1) is 0 Å². The first-order valence-electron chi connectivity index (χ1n) is 6.02. The van der Waals surface area contributed by atoms with Gasteiger partial charge in [-0.1, -0.05) is 22.0 Å². The van der Waals surface area contributed by atoms with Crippen LogP contribution in [0, 0.1) is 0 Å². The van der Waals surface area contributed by atoms with Gasteiger partial charge in [0.25, 0.3) is 0 Å². The number of rotatable bonds is 8. The van der Waals surface area contributed by atoms with Crippen molar-refractivity contribution in [3.8, 4) is 5.75 Å². The predicted molar refractivity (Wildman–Crippen MR) is 77.3 cm³/mol. The van der Waals surface area contributed by atoms with Crippen molar-refractivity contribution >= 4 is 15.9 Å². The summed E-state index contributed by atoms with van der Waals surface area (Å²) >= 11 is 3.34. The van der Waals surface area contributed by atoms with Crippen molar-refractivity contribution in [3.05, 3.63) is 40.4 Å². The third-order valence-corrected chi connectivity index (χ3v) is 2.86. The van der Waals surface area contributed by atoms with Crippen molar-refractivity contribution in [2.45, 2.75) is 13.0 Å². The maximum Gasteiger partial charge on any atom is 0.119 e. The maximum atomic E-state index is 9.68. The largest absolute Gasteiger partial charge is 0.491 e. The molecule has 0 aliphatic heterocycles. The molecule has 0 amide bonds. The van der Waals surface area contributed by atoms with Crippen LogP contribution in [0.2, 0.25) is 0 Å². The van der Waals surface area contributed by atoms with E-state index in [1.807, 2.05) is 31.2 Å². The molecular formula is C14H19BrO4. The van der Waals surface area contributed by atoms with E-state index < -0.39 is 6.10 Å². The number of benzene rings is 1. The Bertz CT molecular complexity index is 389. The minimum Gasteiger partial charge on any atom is -0.491 e. The lowest BCUT2D eigenvalue weighted by Gasteiger charge is -2.13. The Morgan fingerprint density at radius 1 is 1.32 bits per heavy atom. The average Bonchev–Trinajstić information content (AvgIpc) is 2.38. The minimum atomic E-state index is -0.675. The van der Waals surface area contributed by atoms with Gasteiger partial charge >= 0.3 is 0 Å². The quantitative estimate of drug-likeness (QED) is 0.717. The van der Waals surface area contributed by atoms with E-state index in [0.29, 0.717) is 12.4 Å². The van der Waals surface area contributed by atoms with Crippen LogP contribution in [0.15, 0.2) is 40.4 Å². The molecule has 0 bridgehead atoms. The maximum absolute atomic E-state index is 9.68. The second kappa shape index (κ2) is 9.09. The molecule has 1 rings (SSSR count). The summed E-state index contributed by atoms with van der Waals surface area (Å²) < 4.78 is 11.7. The monoisotopic (exact) mass is 330 g/mol. The van der Waals surface area contributed by atoms with Crippen LogP contribution in [0.5, 0.6) is 5.75 Å². The molecule has 1 unspecified atom stereocenters. The van der Waals surface area contributed by atoms with E-state index in [4.69, 9.17) is 14.6 Å². The van der Waals surface area contributed by atoms with Gasteiger partial charge in [-0.25, -0.2) is 0 Å². The Hall–Kier alpha value is -0.880. The lowest BCUT2D eigenvalue weighted by Crippen LogP contribution is -2.23. The molecule has 0 saturated carbocycles. The molecule has 106 valence electrons. The van der Waals surface area contributed by atoms with Gasteiger partial charge in [0.1, 0.15) is 18.5 Å². The number of aliphatic hydroxyl groups is 2. The van der Waals surface area contributed by atoms with E-state index >= 15 is 0 Å². The molecular weight excluding hydrogens is 312 g/mol. The zero-order valence-corrected chi connectivity index (χ0v) is 12.5. The lowest BCUT2D eigenvalue weighted by atomic mass is 10.3. The number of aliphatic hydroxyl groups excluding tert-OH is 2. The van der Waals surface area contributed by atoms with Gasteiger partial charge in [0, 0.05) is 4.47 Å². The Morgan fingerprint density at radius 2 is 2.00 bits per heavy atom. The number of hydrogen-bond donors (Lipinski definition) is 2. The summed E-state index contributed by atoms with van der Waals surface area (Å²) in [5.74, 6) is 0.707. The van der Waals surface area contributed by atoms with Gasteiger partial charge < -0.3 is 19.7 Å². The van der Waals surface area contributed by atoms with E-state index in [1.54, 1.807) is 6.08 Å². The average molecular weight is 331 g/mol. The molecule has 5 heteroatoms. The molecule has 1 aromatic carbocycles. The molecule has 0 saturated heterocycles. The van der Waals surface area contributed by atoms with Gasteiger partial charge in [0.05, 0.1) is 19.8 Å². The molecule has 0 heterocycles. The fraction of sp³-hybridized carbons (Fsp3) is 0.429. The highest BCUT2D eigenvalue weighted by Gasteiger charge is 2.05. The first-order chi connectivity index (χ1) is 9.11. The van der Waals surface area contributed by atoms with Crippen LogP contribution in [0.1, 0.15) is 6.92 Å². The van der Waals surface area contributed by atoms with Gasteiger partial charge in [-0.3, -0.25) is 0 Å². The summed E-state index contributed by atoms with van der Waals surface area (Å²) in [7, 11) is 0. The molecule has 0 spiro atoms. The van der Waals surface area contributed by atoms with Crippen LogP contribution in [0.25, 0.3) is 0 Å². The number of ether oxygens (including phenoxy) is 2. The highest BCUT2D eigenvalue weighted by Crippen LogP contribution is 2.16. The lowest BCUT2D eigenvalue weighted by molar-refractivity contribution is 0.0193. The van der Waals surface area contributed by atoms with Crippen LogP contribution in [-0.2, 0) is 4.74 Å². The fourth-order valence-electron chi connectivity index (χ4n) is 1.34. The standard InChI is InChI=1S/C14H19BrO4/c1-11(6-7-16)8-18-9-13(17)10-19-14-4-2-12(15)3-5-14/h2-6,13,16-17H,7-10H2,1H3/b11-6-. The van der Waals surface area contributed by atoms with Crippen LogP contribution < -0.4 is 4.74 Å². The van der Waals surface area contributed by atoms with E-state index in [1.165, 1.54) is 0 Å². The highest BCUT2D eigenvalue weighted by molar-refractivity contribution is 9.10. The molecule has 4 nitrogen and oxygen atoms in total. The molecule has 0 radical (unpaired) electrons. The van der Waals surface area contributed by atoms with E-state index in [2.05, 4.69) is 15.9 Å². The normalized spacial score (nSPS) is 13.4. The highest BCUT2D eigenvalue weighted by atomic mass is 79.9. The summed E-state index contributed by atoms with van der Waals surface area (Å²) in [6.07, 6.45) is 0.996. The summed E-state index contributed by atoms with van der Waals surface area (Å²) in [6.45, 7) is 2.65. The second-order valence-corrected chi connectivity index (χ2v) is 5.08. The van der Waals surface area contributed by atoms with Crippen LogP contribution in [0.4, 0.5) is 0 Å². The van der Waals surface area contributed by atoms with Crippen molar-refractivity contribution in [1.29, 1.82) is 0 Å². The van der Waals surface area contributed by atoms with E-state index in [0.717, 1.165) is 10.0 Å².